The number of anilines is 1. The van der Waals surface area contributed by atoms with Crippen LogP contribution in [0, 0.1) is 0 Å². The van der Waals surface area contributed by atoms with E-state index in [1.54, 1.807) is 13.3 Å². The third-order valence-corrected chi connectivity index (χ3v) is 4.05. The van der Waals surface area contributed by atoms with Crippen LogP contribution in [0.5, 0.6) is 5.75 Å². The van der Waals surface area contributed by atoms with Gasteiger partial charge in [0.2, 0.25) is 0 Å². The quantitative estimate of drug-likeness (QED) is 0.912. The molecule has 3 rings (SSSR count). The van der Waals surface area contributed by atoms with Crippen LogP contribution in [0.4, 0.5) is 10.5 Å². The molecule has 2 unspecified atom stereocenters. The maximum Gasteiger partial charge on any atom is 0.319 e. The smallest absolute Gasteiger partial charge is 0.319 e. The van der Waals surface area contributed by atoms with E-state index in [1.165, 1.54) is 0 Å². The standard InChI is InChI=1S/C16H20N4O2/c1-22-13-7-5-12(6-8-13)18-16(21)19-14-3-2-4-15(14)20-10-9-17-11-20/h5-11,14-15H,2-4H2,1H3,(H2,18,19,21). The van der Waals surface area contributed by atoms with Crippen LogP contribution in [0.3, 0.4) is 0 Å². The van der Waals surface area contributed by atoms with Crippen LogP contribution in [0.2, 0.25) is 0 Å². The summed E-state index contributed by atoms with van der Waals surface area (Å²) in [5.41, 5.74) is 0.746. The zero-order valence-corrected chi connectivity index (χ0v) is 12.5. The van der Waals surface area contributed by atoms with Gasteiger partial charge in [0.25, 0.3) is 0 Å². The summed E-state index contributed by atoms with van der Waals surface area (Å²) in [5, 5.41) is 5.92. The minimum atomic E-state index is -0.179. The highest BCUT2D eigenvalue weighted by molar-refractivity contribution is 5.89. The average molecular weight is 300 g/mol. The normalized spacial score (nSPS) is 20.6. The molecule has 116 valence electrons. The van der Waals surface area contributed by atoms with Crippen LogP contribution in [0.1, 0.15) is 25.3 Å². The number of rotatable bonds is 4. The van der Waals surface area contributed by atoms with Crippen molar-refractivity contribution in [3.8, 4) is 5.75 Å². The van der Waals surface area contributed by atoms with E-state index in [4.69, 9.17) is 4.74 Å². The van der Waals surface area contributed by atoms with Crippen molar-refractivity contribution in [1.82, 2.24) is 14.9 Å². The molecule has 0 aliphatic heterocycles. The molecule has 2 atom stereocenters. The van der Waals surface area contributed by atoms with E-state index < -0.39 is 0 Å². The van der Waals surface area contributed by atoms with Crippen molar-refractivity contribution in [3.63, 3.8) is 0 Å². The minimum absolute atomic E-state index is 0.132. The van der Waals surface area contributed by atoms with Crippen LogP contribution in [-0.4, -0.2) is 28.7 Å². The fourth-order valence-corrected chi connectivity index (χ4v) is 2.94. The SMILES string of the molecule is COc1ccc(NC(=O)NC2CCCC2n2ccnc2)cc1. The van der Waals surface area contributed by atoms with Crippen molar-refractivity contribution in [2.24, 2.45) is 0 Å². The van der Waals surface area contributed by atoms with Gasteiger partial charge in [0.1, 0.15) is 5.75 Å². The Morgan fingerprint density at radius 1 is 1.32 bits per heavy atom. The molecule has 1 aliphatic carbocycles. The van der Waals surface area contributed by atoms with Crippen molar-refractivity contribution in [3.05, 3.63) is 43.0 Å². The molecule has 0 bridgehead atoms. The molecule has 0 spiro atoms. The maximum absolute atomic E-state index is 12.2. The van der Waals surface area contributed by atoms with Gasteiger partial charge in [0.05, 0.1) is 25.5 Å². The number of aromatic nitrogens is 2. The van der Waals surface area contributed by atoms with Crippen LogP contribution in [-0.2, 0) is 0 Å². The number of carbonyl (C=O) groups is 1. The molecule has 1 aliphatic rings. The molecule has 6 nitrogen and oxygen atoms in total. The molecule has 1 aromatic heterocycles. The third-order valence-electron chi connectivity index (χ3n) is 4.05. The Morgan fingerprint density at radius 3 is 2.82 bits per heavy atom. The number of hydrogen-bond acceptors (Lipinski definition) is 3. The zero-order chi connectivity index (χ0) is 15.4. The lowest BCUT2D eigenvalue weighted by Gasteiger charge is -2.22. The van der Waals surface area contributed by atoms with E-state index in [9.17, 15) is 4.79 Å². The Morgan fingerprint density at radius 2 is 2.14 bits per heavy atom. The molecule has 2 aromatic rings. The highest BCUT2D eigenvalue weighted by atomic mass is 16.5. The summed E-state index contributed by atoms with van der Waals surface area (Å²) >= 11 is 0. The molecule has 1 heterocycles. The molecule has 2 amide bonds. The minimum Gasteiger partial charge on any atom is -0.497 e. The van der Waals surface area contributed by atoms with E-state index >= 15 is 0 Å². The maximum atomic E-state index is 12.2. The van der Waals surface area contributed by atoms with Crippen molar-refractivity contribution in [1.29, 1.82) is 0 Å². The molecular weight excluding hydrogens is 280 g/mol. The van der Waals surface area contributed by atoms with Gasteiger partial charge in [-0.25, -0.2) is 9.78 Å². The first kappa shape index (κ1) is 14.4. The van der Waals surface area contributed by atoms with Crippen molar-refractivity contribution in [2.45, 2.75) is 31.3 Å². The van der Waals surface area contributed by atoms with E-state index in [0.29, 0.717) is 0 Å². The van der Waals surface area contributed by atoms with Crippen LogP contribution in [0.25, 0.3) is 0 Å². The molecular formula is C16H20N4O2. The number of urea groups is 1. The number of nitrogens with one attached hydrogen (secondary N) is 2. The molecule has 2 N–H and O–H groups in total. The fraction of sp³-hybridized carbons (Fsp3) is 0.375. The van der Waals surface area contributed by atoms with Crippen LogP contribution >= 0.6 is 0 Å². The van der Waals surface area contributed by atoms with Gasteiger partial charge in [-0.1, -0.05) is 0 Å². The molecule has 1 fully saturated rings. The first-order valence-electron chi connectivity index (χ1n) is 7.45. The molecule has 22 heavy (non-hydrogen) atoms. The number of imidazole rings is 1. The van der Waals surface area contributed by atoms with Gasteiger partial charge < -0.3 is 19.9 Å². The lowest BCUT2D eigenvalue weighted by Crippen LogP contribution is -2.40. The Labute approximate surface area is 129 Å². The number of nitrogens with zero attached hydrogens (tertiary/aromatic N) is 2. The van der Waals surface area contributed by atoms with Crippen molar-refractivity contribution < 1.29 is 9.53 Å². The summed E-state index contributed by atoms with van der Waals surface area (Å²) in [5.74, 6) is 0.766. The topological polar surface area (TPSA) is 68.2 Å². The van der Waals surface area contributed by atoms with Gasteiger partial charge in [0, 0.05) is 18.1 Å². The van der Waals surface area contributed by atoms with Gasteiger partial charge in [-0.15, -0.1) is 0 Å². The first-order valence-corrected chi connectivity index (χ1v) is 7.45. The van der Waals surface area contributed by atoms with Crippen molar-refractivity contribution in [2.75, 3.05) is 12.4 Å². The van der Waals surface area contributed by atoms with Gasteiger partial charge in [-0.3, -0.25) is 0 Å². The lowest BCUT2D eigenvalue weighted by atomic mass is 10.2. The Bertz CT molecular complexity index is 610. The Hall–Kier alpha value is -2.50. The van der Waals surface area contributed by atoms with Gasteiger partial charge in [0.15, 0.2) is 0 Å². The monoisotopic (exact) mass is 300 g/mol. The van der Waals surface area contributed by atoms with E-state index in [0.717, 1.165) is 30.7 Å². The molecule has 1 saturated carbocycles. The van der Waals surface area contributed by atoms with Crippen LogP contribution < -0.4 is 15.4 Å². The number of benzene rings is 1. The molecule has 6 heteroatoms. The van der Waals surface area contributed by atoms with Crippen molar-refractivity contribution >= 4 is 11.7 Å². The van der Waals surface area contributed by atoms with Gasteiger partial charge >= 0.3 is 6.03 Å². The summed E-state index contributed by atoms with van der Waals surface area (Å²) in [7, 11) is 1.62. The first-order chi connectivity index (χ1) is 10.8. The largest absolute Gasteiger partial charge is 0.497 e. The Balaban J connectivity index is 1.58. The summed E-state index contributed by atoms with van der Waals surface area (Å²) in [6.07, 6.45) is 8.68. The van der Waals surface area contributed by atoms with Gasteiger partial charge in [-0.05, 0) is 43.5 Å². The van der Waals surface area contributed by atoms with E-state index in [-0.39, 0.29) is 18.1 Å². The summed E-state index contributed by atoms with van der Waals surface area (Å²) in [6.45, 7) is 0. The van der Waals surface area contributed by atoms with E-state index in [2.05, 4.69) is 20.2 Å². The Kier molecular flexibility index (Phi) is 4.27. The van der Waals surface area contributed by atoms with E-state index in [1.807, 2.05) is 36.8 Å². The third kappa shape index (κ3) is 3.21. The van der Waals surface area contributed by atoms with Gasteiger partial charge in [-0.2, -0.15) is 0 Å². The summed E-state index contributed by atoms with van der Waals surface area (Å²) < 4.78 is 7.17. The average Bonchev–Trinajstić information content (AvgIpc) is 3.18. The fourth-order valence-electron chi connectivity index (χ4n) is 2.94. The summed E-state index contributed by atoms with van der Waals surface area (Å²) in [4.78, 5) is 16.2. The second-order valence-corrected chi connectivity index (χ2v) is 5.44. The highest BCUT2D eigenvalue weighted by Crippen LogP contribution is 2.29. The lowest BCUT2D eigenvalue weighted by molar-refractivity contribution is 0.245. The number of carbonyl (C=O) groups excluding carboxylic acids is 1. The summed E-state index contributed by atoms with van der Waals surface area (Å²) in [6, 6.07) is 7.51. The molecule has 0 saturated heterocycles. The predicted molar refractivity (Wildman–Crippen MR) is 84.1 cm³/mol. The molecule has 0 radical (unpaired) electrons. The predicted octanol–water partition coefficient (Wildman–Crippen LogP) is 2.81. The zero-order valence-electron chi connectivity index (χ0n) is 12.5. The molecule has 1 aromatic carbocycles. The number of ether oxygens (including phenoxy) is 1. The number of hydrogen-bond donors (Lipinski definition) is 2. The number of amides is 2. The second-order valence-electron chi connectivity index (χ2n) is 5.44. The second kappa shape index (κ2) is 6.51. The van der Waals surface area contributed by atoms with Crippen LogP contribution in [0.15, 0.2) is 43.0 Å². The number of methoxy groups -OCH3 is 1. The highest BCUT2D eigenvalue weighted by Gasteiger charge is 2.29.